The van der Waals surface area contributed by atoms with Crippen molar-refractivity contribution in [2.45, 2.75) is 0 Å². The van der Waals surface area contributed by atoms with Crippen LogP contribution in [0.1, 0.15) is 0 Å². The average Bonchev–Trinajstić information content (AvgIpc) is 2.65. The van der Waals surface area contributed by atoms with E-state index >= 15 is 0 Å². The number of methoxy groups -OCH3 is 1. The molecule has 2 rings (SSSR count). The van der Waals surface area contributed by atoms with E-state index in [1.165, 1.54) is 11.3 Å². The van der Waals surface area contributed by atoms with Gasteiger partial charge in [0.15, 0.2) is 0 Å². The Morgan fingerprint density at radius 3 is 2.87 bits per heavy atom. The zero-order valence-electron chi connectivity index (χ0n) is 8.03. The quantitative estimate of drug-likeness (QED) is 0.878. The Balaban J connectivity index is 2.55. The number of hydrogen-bond acceptors (Lipinski definition) is 4. The first-order chi connectivity index (χ1) is 7.20. The van der Waals surface area contributed by atoms with Gasteiger partial charge in [0.1, 0.15) is 16.6 Å². The summed E-state index contributed by atoms with van der Waals surface area (Å²) >= 11 is 7.39. The molecule has 0 aliphatic heterocycles. The molecule has 1 heterocycles. The third-order valence-electron chi connectivity index (χ3n) is 1.91. The van der Waals surface area contributed by atoms with Crippen LogP contribution in [0.3, 0.4) is 0 Å². The Hall–Kier alpha value is -1.26. The maximum absolute atomic E-state index is 5.92. The monoisotopic (exact) mass is 240 g/mol. The summed E-state index contributed by atoms with van der Waals surface area (Å²) in [5.74, 6) is 1.26. The molecule has 15 heavy (non-hydrogen) atoms. The molecule has 0 atom stereocenters. The number of ether oxygens (including phenoxy) is 1. The molecule has 0 bridgehead atoms. The van der Waals surface area contributed by atoms with Gasteiger partial charge in [-0.1, -0.05) is 11.6 Å². The summed E-state index contributed by atoms with van der Waals surface area (Å²) < 4.78 is 5.23. The van der Waals surface area contributed by atoms with Crippen LogP contribution in [0.15, 0.2) is 23.6 Å². The third kappa shape index (κ3) is 2.06. The van der Waals surface area contributed by atoms with Crippen molar-refractivity contribution in [1.82, 2.24) is 4.98 Å². The molecule has 0 unspecified atom stereocenters. The Morgan fingerprint density at radius 1 is 1.47 bits per heavy atom. The van der Waals surface area contributed by atoms with Gasteiger partial charge in [0, 0.05) is 10.4 Å². The lowest BCUT2D eigenvalue weighted by Gasteiger charge is -2.05. The number of nitrogens with zero attached hydrogens (tertiary/aromatic N) is 1. The van der Waals surface area contributed by atoms with Crippen molar-refractivity contribution in [3.63, 3.8) is 0 Å². The number of halogens is 1. The minimum atomic E-state index is 0.511. The number of aromatic nitrogens is 1. The van der Waals surface area contributed by atoms with E-state index in [1.54, 1.807) is 18.6 Å². The van der Waals surface area contributed by atoms with Crippen molar-refractivity contribution in [2.24, 2.45) is 0 Å². The zero-order chi connectivity index (χ0) is 10.8. The smallest absolute Gasteiger partial charge is 0.135 e. The lowest BCUT2D eigenvalue weighted by atomic mass is 10.2. The lowest BCUT2D eigenvalue weighted by molar-refractivity contribution is 0.416. The highest BCUT2D eigenvalue weighted by molar-refractivity contribution is 7.13. The van der Waals surface area contributed by atoms with E-state index in [9.17, 15) is 0 Å². The Kier molecular flexibility index (Phi) is 2.79. The number of benzene rings is 1. The lowest BCUT2D eigenvalue weighted by Crippen LogP contribution is -1.88. The summed E-state index contributed by atoms with van der Waals surface area (Å²) in [7, 11) is 1.61. The standard InChI is InChI=1S/C10H9ClN2OS/c1-14-8-3-2-6(11)4-7(8)10-13-9(12)5-15-10/h2-5H,12H2,1H3. The second kappa shape index (κ2) is 4.08. The van der Waals surface area contributed by atoms with Gasteiger partial charge in [0.25, 0.3) is 0 Å². The fourth-order valence-electron chi connectivity index (χ4n) is 1.26. The van der Waals surface area contributed by atoms with Gasteiger partial charge in [-0.25, -0.2) is 4.98 Å². The molecule has 0 fully saturated rings. The minimum absolute atomic E-state index is 0.511. The van der Waals surface area contributed by atoms with E-state index in [2.05, 4.69) is 4.98 Å². The van der Waals surface area contributed by atoms with Gasteiger partial charge in [-0.2, -0.15) is 0 Å². The Labute approximate surface area is 96.5 Å². The minimum Gasteiger partial charge on any atom is -0.496 e. The van der Waals surface area contributed by atoms with Crippen LogP contribution in [0.25, 0.3) is 10.6 Å². The first-order valence-electron chi connectivity index (χ1n) is 4.25. The van der Waals surface area contributed by atoms with E-state index < -0.39 is 0 Å². The molecule has 5 heteroatoms. The van der Waals surface area contributed by atoms with Crippen molar-refractivity contribution in [3.8, 4) is 16.3 Å². The molecule has 1 aromatic carbocycles. The number of rotatable bonds is 2. The summed E-state index contributed by atoms with van der Waals surface area (Å²) in [6, 6.07) is 5.41. The van der Waals surface area contributed by atoms with Crippen LogP contribution in [0, 0.1) is 0 Å². The van der Waals surface area contributed by atoms with Crippen LogP contribution in [0.2, 0.25) is 5.02 Å². The number of hydrogen-bond donors (Lipinski definition) is 1. The van der Waals surface area contributed by atoms with E-state index in [1.807, 2.05) is 12.1 Å². The van der Waals surface area contributed by atoms with Gasteiger partial charge in [0.2, 0.25) is 0 Å². The molecule has 0 aliphatic rings. The fourth-order valence-corrected chi connectivity index (χ4v) is 2.16. The third-order valence-corrected chi connectivity index (χ3v) is 3.04. The summed E-state index contributed by atoms with van der Waals surface area (Å²) in [6.45, 7) is 0. The predicted octanol–water partition coefficient (Wildman–Crippen LogP) is 3.05. The second-order valence-corrected chi connectivity index (χ2v) is 4.22. The van der Waals surface area contributed by atoms with Crippen LogP contribution in [0.4, 0.5) is 5.82 Å². The van der Waals surface area contributed by atoms with Gasteiger partial charge in [-0.05, 0) is 18.2 Å². The van der Waals surface area contributed by atoms with Gasteiger partial charge in [0.05, 0.1) is 12.7 Å². The van der Waals surface area contributed by atoms with Crippen molar-refractivity contribution in [2.75, 3.05) is 12.8 Å². The molecular formula is C10H9ClN2OS. The van der Waals surface area contributed by atoms with Crippen molar-refractivity contribution >= 4 is 28.8 Å². The first kappa shape index (κ1) is 10.3. The molecule has 0 radical (unpaired) electrons. The van der Waals surface area contributed by atoms with Gasteiger partial charge < -0.3 is 10.5 Å². The van der Waals surface area contributed by atoms with Crippen molar-refractivity contribution in [1.29, 1.82) is 0 Å². The molecule has 0 amide bonds. The van der Waals surface area contributed by atoms with Gasteiger partial charge in [-0.3, -0.25) is 0 Å². The normalized spacial score (nSPS) is 10.3. The van der Waals surface area contributed by atoms with Crippen LogP contribution in [-0.2, 0) is 0 Å². The summed E-state index contributed by atoms with van der Waals surface area (Å²) in [4.78, 5) is 4.19. The Morgan fingerprint density at radius 2 is 2.27 bits per heavy atom. The summed E-state index contributed by atoms with van der Waals surface area (Å²) in [5, 5.41) is 3.25. The topological polar surface area (TPSA) is 48.1 Å². The van der Waals surface area contributed by atoms with E-state index in [0.29, 0.717) is 10.8 Å². The molecule has 78 valence electrons. The average molecular weight is 241 g/mol. The molecule has 3 nitrogen and oxygen atoms in total. The highest BCUT2D eigenvalue weighted by atomic mass is 35.5. The molecule has 0 aliphatic carbocycles. The van der Waals surface area contributed by atoms with Crippen LogP contribution >= 0.6 is 22.9 Å². The van der Waals surface area contributed by atoms with Crippen LogP contribution < -0.4 is 10.5 Å². The maximum atomic E-state index is 5.92. The van der Waals surface area contributed by atoms with E-state index in [-0.39, 0.29) is 0 Å². The predicted molar refractivity (Wildman–Crippen MR) is 63.5 cm³/mol. The van der Waals surface area contributed by atoms with E-state index in [4.69, 9.17) is 22.1 Å². The highest BCUT2D eigenvalue weighted by Crippen LogP contribution is 2.34. The van der Waals surface area contributed by atoms with Gasteiger partial charge in [-0.15, -0.1) is 11.3 Å². The number of nitrogens with two attached hydrogens (primary N) is 1. The maximum Gasteiger partial charge on any atom is 0.135 e. The summed E-state index contributed by atoms with van der Waals surface area (Å²) in [6.07, 6.45) is 0. The molecule has 0 saturated heterocycles. The second-order valence-electron chi connectivity index (χ2n) is 2.92. The number of nitrogen functional groups attached to an aromatic ring is 1. The Bertz CT molecular complexity index is 484. The SMILES string of the molecule is COc1ccc(Cl)cc1-c1nc(N)cs1. The molecule has 0 saturated carbocycles. The number of anilines is 1. The van der Waals surface area contributed by atoms with Crippen LogP contribution in [0.5, 0.6) is 5.75 Å². The molecule has 2 aromatic rings. The summed E-state index contributed by atoms with van der Waals surface area (Å²) in [5.41, 5.74) is 6.44. The largest absolute Gasteiger partial charge is 0.496 e. The number of thiazole rings is 1. The highest BCUT2D eigenvalue weighted by Gasteiger charge is 2.09. The first-order valence-corrected chi connectivity index (χ1v) is 5.51. The van der Waals surface area contributed by atoms with Gasteiger partial charge >= 0.3 is 0 Å². The zero-order valence-corrected chi connectivity index (χ0v) is 9.60. The van der Waals surface area contributed by atoms with E-state index in [0.717, 1.165) is 16.3 Å². The molecule has 1 aromatic heterocycles. The molecular weight excluding hydrogens is 232 g/mol. The van der Waals surface area contributed by atoms with Crippen molar-refractivity contribution < 1.29 is 4.74 Å². The fraction of sp³-hybridized carbons (Fsp3) is 0.100. The van der Waals surface area contributed by atoms with Crippen LogP contribution in [-0.4, -0.2) is 12.1 Å². The van der Waals surface area contributed by atoms with Crippen molar-refractivity contribution in [3.05, 3.63) is 28.6 Å². The molecule has 0 spiro atoms. The molecule has 2 N–H and O–H groups in total.